The number of anilines is 1. The molecule has 0 saturated heterocycles. The summed E-state index contributed by atoms with van der Waals surface area (Å²) in [6.07, 6.45) is 5.94. The topological polar surface area (TPSA) is 356 Å². The van der Waals surface area contributed by atoms with Crippen LogP contribution in [-0.4, -0.2) is 145 Å². The molecule has 0 fully saturated rings. The number of carboxylic acid groups (broad SMARTS) is 1. The monoisotopic (exact) mass is 1110 g/mol. The van der Waals surface area contributed by atoms with Crippen molar-refractivity contribution in [1.82, 2.24) is 44.5 Å². The number of carbonyl (C=O) groups excluding carboxylic acids is 5. The third-order valence-electron chi connectivity index (χ3n) is 11.5. The van der Waals surface area contributed by atoms with Crippen LogP contribution in [0, 0.1) is 12.3 Å². The van der Waals surface area contributed by atoms with Crippen molar-refractivity contribution < 1.29 is 62.3 Å². The van der Waals surface area contributed by atoms with Crippen molar-refractivity contribution in [2.75, 3.05) is 64.7 Å². The fourth-order valence-corrected chi connectivity index (χ4v) is 8.18. The molecule has 428 valence electrons. The SMILES string of the molecule is CCN/C(=C\C(C)=N)C(=O)Nc1nc2cc(C(N)=O)cc(OCCCOC(=O)NCCC(=O)O)c2n1C/C=C/Cn1c2nc(-c3cc(C)nn3CC)ncc2c2cc(C(N)=O)cc(OCCOCCOCCC(=O)OC(C)(C)C)c21. The maximum atomic E-state index is 13.9. The highest BCUT2D eigenvalue weighted by Crippen LogP contribution is 2.37. The third kappa shape index (κ3) is 16.6. The molecule has 2 aromatic carbocycles. The summed E-state index contributed by atoms with van der Waals surface area (Å²) in [4.78, 5) is 89.0. The Bertz CT molecular complexity index is 3310. The number of aromatic nitrogens is 7. The second-order valence-electron chi connectivity index (χ2n) is 19.0. The number of aliphatic carboxylic acids is 1. The number of carboxylic acids is 1. The van der Waals surface area contributed by atoms with E-state index >= 15 is 0 Å². The predicted molar refractivity (Wildman–Crippen MR) is 296 cm³/mol. The molecule has 0 bridgehead atoms. The first-order valence-electron chi connectivity index (χ1n) is 25.9. The number of alkyl carbamates (subject to hydrolysis) is 1. The van der Waals surface area contributed by atoms with E-state index in [0.29, 0.717) is 57.8 Å². The minimum atomic E-state index is -1.08. The van der Waals surface area contributed by atoms with Crippen LogP contribution in [0.3, 0.4) is 0 Å². The number of likely N-dealkylation sites (N-methyl/N-ethyl adjacent to an activating group) is 1. The fraction of sp³-hybridized carbons (Fsp3) is 0.426. The minimum Gasteiger partial charge on any atom is -0.491 e. The van der Waals surface area contributed by atoms with Crippen molar-refractivity contribution in [3.63, 3.8) is 0 Å². The molecule has 26 nitrogen and oxygen atoms in total. The van der Waals surface area contributed by atoms with Gasteiger partial charge in [-0.15, -0.1) is 0 Å². The van der Waals surface area contributed by atoms with Gasteiger partial charge in [0, 0.05) is 73.0 Å². The summed E-state index contributed by atoms with van der Waals surface area (Å²) in [6.45, 7) is 14.3. The lowest BCUT2D eigenvalue weighted by Crippen LogP contribution is -2.27. The Kier molecular flexibility index (Phi) is 21.2. The number of hydrogen-bond acceptors (Lipinski definition) is 18. The molecule has 0 atom stereocenters. The smallest absolute Gasteiger partial charge is 0.407 e. The van der Waals surface area contributed by atoms with Crippen molar-refractivity contribution in [2.24, 2.45) is 11.5 Å². The number of nitrogens with one attached hydrogen (secondary N) is 4. The lowest BCUT2D eigenvalue weighted by Gasteiger charge is -2.19. The number of aryl methyl sites for hydroxylation is 2. The van der Waals surface area contributed by atoms with E-state index in [4.69, 9.17) is 65.4 Å². The van der Waals surface area contributed by atoms with Crippen LogP contribution >= 0.6 is 0 Å². The van der Waals surface area contributed by atoms with Crippen LogP contribution in [0.4, 0.5) is 10.7 Å². The molecule has 4 heterocycles. The molecule has 4 amide bonds. The number of imidazole rings is 1. The maximum Gasteiger partial charge on any atom is 0.407 e. The van der Waals surface area contributed by atoms with Gasteiger partial charge in [-0.1, -0.05) is 12.2 Å². The zero-order valence-corrected chi connectivity index (χ0v) is 45.9. The first-order valence-corrected chi connectivity index (χ1v) is 25.9. The van der Waals surface area contributed by atoms with E-state index < -0.39 is 35.4 Å². The lowest BCUT2D eigenvalue weighted by atomic mass is 10.1. The highest BCUT2D eigenvalue weighted by Gasteiger charge is 2.24. The molecule has 6 aromatic rings. The Morgan fingerprint density at radius 2 is 1.45 bits per heavy atom. The standard InChI is InChI=1S/C54H69N13O13/c1-8-58-39(25-32(3)55)51(73)63-52-61-38-28-35(48(57)72)30-42(77-18-12-19-79-53(74)59-15-13-43(68)69)46(38)66(52)17-11-10-16-65-45-36(37-31-60-49(62-50(37)65)40-26-33(4)64-67(40)9-2)27-34(47(56)71)29-41(45)78-24-23-76-22-21-75-20-14-44(70)80-54(5,6)7/h10-11,25-31,55,58H,8-9,12-24H2,1-7H3,(H2,56,71)(H2,57,72)(H,59,74)(H,68,69)(H,61,63,73)/b11-10+,39-25-,55-32?. The van der Waals surface area contributed by atoms with Crippen molar-refractivity contribution in [3.8, 4) is 23.0 Å². The van der Waals surface area contributed by atoms with Gasteiger partial charge in [0.15, 0.2) is 5.82 Å². The number of benzene rings is 2. The zero-order chi connectivity index (χ0) is 58.1. The van der Waals surface area contributed by atoms with E-state index in [1.54, 1.807) is 55.3 Å². The molecule has 26 heteroatoms. The quantitative estimate of drug-likeness (QED) is 0.00971. The second-order valence-corrected chi connectivity index (χ2v) is 19.0. The summed E-state index contributed by atoms with van der Waals surface area (Å²) in [5.41, 5.74) is 14.6. The van der Waals surface area contributed by atoms with Gasteiger partial charge in [-0.3, -0.25) is 34.0 Å². The number of rotatable bonds is 31. The number of esters is 1. The molecule has 0 aliphatic rings. The maximum absolute atomic E-state index is 13.9. The van der Waals surface area contributed by atoms with Gasteiger partial charge >= 0.3 is 18.0 Å². The van der Waals surface area contributed by atoms with Crippen molar-refractivity contribution in [3.05, 3.63) is 77.3 Å². The molecule has 0 unspecified atom stereocenters. The number of carbonyl (C=O) groups is 6. The molecule has 80 heavy (non-hydrogen) atoms. The Labute approximate surface area is 460 Å². The van der Waals surface area contributed by atoms with Gasteiger partial charge in [0.05, 0.1) is 69.2 Å². The van der Waals surface area contributed by atoms with Crippen molar-refractivity contribution in [2.45, 2.75) is 93.0 Å². The molecule has 0 saturated carbocycles. The van der Waals surface area contributed by atoms with E-state index in [2.05, 4.69) is 21.0 Å². The molecule has 4 aromatic heterocycles. The number of hydrogen-bond donors (Lipinski definition) is 7. The summed E-state index contributed by atoms with van der Waals surface area (Å²) < 4.78 is 39.8. The number of allylic oxidation sites excluding steroid dienone is 3. The van der Waals surface area contributed by atoms with Crippen LogP contribution in [0.2, 0.25) is 0 Å². The summed E-state index contributed by atoms with van der Waals surface area (Å²) in [7, 11) is 0. The highest BCUT2D eigenvalue weighted by atomic mass is 16.6. The first-order chi connectivity index (χ1) is 38.2. The first kappa shape index (κ1) is 60.3. The molecular formula is C54H69N13O13. The molecule has 0 spiro atoms. The van der Waals surface area contributed by atoms with E-state index in [1.165, 1.54) is 25.1 Å². The van der Waals surface area contributed by atoms with E-state index in [-0.39, 0.29) is 131 Å². The van der Waals surface area contributed by atoms with Gasteiger partial charge in [0.1, 0.15) is 46.3 Å². The molecular weight excluding hydrogens is 1040 g/mol. The molecule has 0 aliphatic heterocycles. The van der Waals surface area contributed by atoms with Gasteiger partial charge in [-0.25, -0.2) is 19.7 Å². The van der Waals surface area contributed by atoms with E-state index in [9.17, 15) is 28.8 Å². The number of primary amides is 2. The number of nitrogens with two attached hydrogens (primary N) is 2. The normalized spacial score (nSPS) is 11.8. The van der Waals surface area contributed by atoms with Gasteiger partial charge in [0.2, 0.25) is 17.8 Å². The summed E-state index contributed by atoms with van der Waals surface area (Å²) in [5, 5.41) is 30.9. The fourth-order valence-electron chi connectivity index (χ4n) is 8.18. The summed E-state index contributed by atoms with van der Waals surface area (Å²) >= 11 is 0. The highest BCUT2D eigenvalue weighted by molar-refractivity contribution is 6.12. The lowest BCUT2D eigenvalue weighted by molar-refractivity contribution is -0.156. The van der Waals surface area contributed by atoms with Crippen LogP contribution < -0.4 is 36.9 Å². The Morgan fingerprint density at radius 3 is 2.11 bits per heavy atom. The van der Waals surface area contributed by atoms with Crippen LogP contribution in [0.15, 0.2) is 60.5 Å². The van der Waals surface area contributed by atoms with Gasteiger partial charge < -0.3 is 70.2 Å². The number of nitrogens with zero attached hydrogens (tertiary/aromatic N) is 7. The predicted octanol–water partition coefficient (Wildman–Crippen LogP) is 5.17. The molecule has 0 radical (unpaired) electrons. The van der Waals surface area contributed by atoms with Gasteiger partial charge in [-0.05, 0) is 84.9 Å². The Balaban J connectivity index is 1.35. The van der Waals surface area contributed by atoms with Crippen molar-refractivity contribution in [1.29, 1.82) is 5.41 Å². The van der Waals surface area contributed by atoms with Gasteiger partial charge in [-0.2, -0.15) is 5.10 Å². The Hall–Kier alpha value is -8.91. The summed E-state index contributed by atoms with van der Waals surface area (Å²) in [6, 6.07) is 8.02. The second kappa shape index (κ2) is 28.1. The average molecular weight is 1110 g/mol. The van der Waals surface area contributed by atoms with Gasteiger partial charge in [0.25, 0.3) is 5.91 Å². The number of ether oxygens (including phenoxy) is 6. The molecule has 0 aliphatic carbocycles. The van der Waals surface area contributed by atoms with Crippen LogP contribution in [0.1, 0.15) is 87.2 Å². The number of fused-ring (bicyclic) bond motifs is 4. The molecule has 9 N–H and O–H groups in total. The van der Waals surface area contributed by atoms with Crippen LogP contribution in [-0.2, 0) is 53.0 Å². The van der Waals surface area contributed by atoms with Crippen LogP contribution in [0.25, 0.3) is 44.5 Å². The largest absolute Gasteiger partial charge is 0.491 e. The van der Waals surface area contributed by atoms with Crippen molar-refractivity contribution >= 4 is 80.4 Å². The average Bonchev–Trinajstić information content (AvgIpc) is 4.29. The number of amides is 4. The summed E-state index contributed by atoms with van der Waals surface area (Å²) in [5.74, 6) is -2.59. The minimum absolute atomic E-state index is 0.0234. The van der Waals surface area contributed by atoms with E-state index in [0.717, 1.165) is 5.69 Å². The molecule has 6 rings (SSSR count). The third-order valence-corrected chi connectivity index (χ3v) is 11.5. The zero-order valence-electron chi connectivity index (χ0n) is 45.9. The van der Waals surface area contributed by atoms with Crippen LogP contribution in [0.5, 0.6) is 11.5 Å². The Morgan fingerprint density at radius 1 is 0.787 bits per heavy atom. The van der Waals surface area contributed by atoms with E-state index in [1.807, 2.05) is 36.6 Å².